The minimum atomic E-state index is 0.156. The summed E-state index contributed by atoms with van der Waals surface area (Å²) in [5, 5.41) is 3.90. The molecule has 5 heteroatoms. The van der Waals surface area contributed by atoms with Gasteiger partial charge in [0.05, 0.1) is 12.2 Å². The summed E-state index contributed by atoms with van der Waals surface area (Å²) in [5.41, 5.74) is 7.37. The molecule has 1 aromatic rings. The van der Waals surface area contributed by atoms with Gasteiger partial charge in [0, 0.05) is 19.0 Å². The molecule has 108 valence electrons. The zero-order chi connectivity index (χ0) is 14.4. The van der Waals surface area contributed by atoms with E-state index in [2.05, 4.69) is 12.1 Å². The summed E-state index contributed by atoms with van der Waals surface area (Å²) in [6, 6.07) is 0. The van der Waals surface area contributed by atoms with Gasteiger partial charge in [-0.3, -0.25) is 4.79 Å². The van der Waals surface area contributed by atoms with E-state index in [1.807, 2.05) is 20.9 Å². The minimum Gasteiger partial charge on any atom is -0.361 e. The van der Waals surface area contributed by atoms with E-state index in [-0.39, 0.29) is 5.91 Å². The van der Waals surface area contributed by atoms with Crippen molar-refractivity contribution in [2.45, 2.75) is 46.6 Å². The third-order valence-corrected chi connectivity index (χ3v) is 3.51. The molecule has 0 saturated carbocycles. The van der Waals surface area contributed by atoms with Gasteiger partial charge in [-0.15, -0.1) is 0 Å². The molecule has 0 aliphatic rings. The predicted octanol–water partition coefficient (Wildman–Crippen LogP) is 2.01. The Labute approximate surface area is 115 Å². The molecular weight excluding hydrogens is 242 g/mol. The molecule has 1 amide bonds. The average Bonchev–Trinajstić information content (AvgIpc) is 2.68. The molecule has 0 radical (unpaired) electrons. The lowest BCUT2D eigenvalue weighted by molar-refractivity contribution is -0.130. The minimum absolute atomic E-state index is 0.156. The van der Waals surface area contributed by atoms with Crippen LogP contribution in [0.3, 0.4) is 0 Å². The third kappa shape index (κ3) is 4.67. The van der Waals surface area contributed by atoms with Crippen molar-refractivity contribution in [2.24, 2.45) is 11.7 Å². The Kier molecular flexibility index (Phi) is 6.02. The maximum Gasteiger partial charge on any atom is 0.222 e. The van der Waals surface area contributed by atoms with Gasteiger partial charge in [0.15, 0.2) is 0 Å². The normalized spacial score (nSPS) is 12.5. The van der Waals surface area contributed by atoms with E-state index in [0.717, 1.165) is 29.9 Å². The van der Waals surface area contributed by atoms with Gasteiger partial charge in [0.1, 0.15) is 5.76 Å². The quantitative estimate of drug-likeness (QED) is 0.820. The van der Waals surface area contributed by atoms with Gasteiger partial charge in [-0.25, -0.2) is 0 Å². The number of aromatic nitrogens is 1. The molecule has 5 nitrogen and oxygen atoms in total. The summed E-state index contributed by atoms with van der Waals surface area (Å²) in [5.74, 6) is 1.44. The van der Waals surface area contributed by atoms with Gasteiger partial charge in [0.2, 0.25) is 5.91 Å². The highest BCUT2D eigenvalue weighted by atomic mass is 16.5. The maximum atomic E-state index is 12.0. The Morgan fingerprint density at radius 2 is 2.11 bits per heavy atom. The van der Waals surface area contributed by atoms with Crippen LogP contribution >= 0.6 is 0 Å². The lowest BCUT2D eigenvalue weighted by Gasteiger charge is -2.18. The van der Waals surface area contributed by atoms with Crippen molar-refractivity contribution in [1.29, 1.82) is 0 Å². The van der Waals surface area contributed by atoms with Gasteiger partial charge in [0.25, 0.3) is 0 Å². The number of amides is 1. The van der Waals surface area contributed by atoms with Crippen LogP contribution in [0.25, 0.3) is 0 Å². The topological polar surface area (TPSA) is 72.4 Å². The van der Waals surface area contributed by atoms with Crippen molar-refractivity contribution in [3.8, 4) is 0 Å². The van der Waals surface area contributed by atoms with Crippen LogP contribution in [-0.2, 0) is 11.3 Å². The fraction of sp³-hybridized carbons (Fsp3) is 0.714. The predicted molar refractivity (Wildman–Crippen MR) is 74.5 cm³/mol. The van der Waals surface area contributed by atoms with Crippen molar-refractivity contribution in [3.63, 3.8) is 0 Å². The maximum absolute atomic E-state index is 12.0. The molecule has 0 aliphatic heterocycles. The first-order chi connectivity index (χ1) is 8.95. The number of hydrogen-bond acceptors (Lipinski definition) is 4. The van der Waals surface area contributed by atoms with Gasteiger partial charge in [-0.05, 0) is 39.2 Å². The third-order valence-electron chi connectivity index (χ3n) is 3.51. The molecule has 1 aromatic heterocycles. The van der Waals surface area contributed by atoms with Crippen LogP contribution in [0.2, 0.25) is 0 Å². The number of carbonyl (C=O) groups is 1. The zero-order valence-electron chi connectivity index (χ0n) is 12.4. The second-order valence-corrected chi connectivity index (χ2v) is 5.27. The molecule has 2 N–H and O–H groups in total. The number of aryl methyl sites for hydroxylation is 2. The molecule has 0 aliphatic carbocycles. The molecule has 0 saturated heterocycles. The summed E-state index contributed by atoms with van der Waals surface area (Å²) in [4.78, 5) is 13.8. The standard InChI is InChI=1S/C14H25N3O2/c1-10(7-8-15)5-6-14(18)17(4)9-13-11(2)16-19-12(13)3/h10H,5-9,15H2,1-4H3. The van der Waals surface area contributed by atoms with E-state index in [1.165, 1.54) is 0 Å². The monoisotopic (exact) mass is 267 g/mol. The average molecular weight is 267 g/mol. The molecule has 0 spiro atoms. The van der Waals surface area contributed by atoms with Crippen molar-refractivity contribution >= 4 is 5.91 Å². The van der Waals surface area contributed by atoms with Crippen molar-refractivity contribution in [1.82, 2.24) is 10.1 Å². The molecule has 1 rings (SSSR count). The first-order valence-electron chi connectivity index (χ1n) is 6.81. The summed E-state index contributed by atoms with van der Waals surface area (Å²) < 4.78 is 5.10. The van der Waals surface area contributed by atoms with Gasteiger partial charge >= 0.3 is 0 Å². The molecule has 0 bridgehead atoms. The lowest BCUT2D eigenvalue weighted by atomic mass is 10.0. The fourth-order valence-corrected chi connectivity index (χ4v) is 2.04. The highest BCUT2D eigenvalue weighted by Gasteiger charge is 2.15. The number of nitrogens with zero attached hydrogens (tertiary/aromatic N) is 2. The lowest BCUT2D eigenvalue weighted by Crippen LogP contribution is -2.27. The van der Waals surface area contributed by atoms with E-state index in [9.17, 15) is 4.79 Å². The van der Waals surface area contributed by atoms with Crippen LogP contribution in [0.1, 0.15) is 43.2 Å². The molecule has 19 heavy (non-hydrogen) atoms. The van der Waals surface area contributed by atoms with Crippen LogP contribution in [0.15, 0.2) is 4.52 Å². The van der Waals surface area contributed by atoms with Crippen LogP contribution in [-0.4, -0.2) is 29.6 Å². The number of rotatable bonds is 7. The van der Waals surface area contributed by atoms with E-state index < -0.39 is 0 Å². The largest absolute Gasteiger partial charge is 0.361 e. The van der Waals surface area contributed by atoms with E-state index in [4.69, 9.17) is 10.3 Å². The SMILES string of the molecule is Cc1noc(C)c1CN(C)C(=O)CCC(C)CCN. The molecule has 1 heterocycles. The second-order valence-electron chi connectivity index (χ2n) is 5.27. The van der Waals surface area contributed by atoms with Crippen LogP contribution in [0.4, 0.5) is 0 Å². The first kappa shape index (κ1) is 15.7. The van der Waals surface area contributed by atoms with Crippen LogP contribution in [0.5, 0.6) is 0 Å². The van der Waals surface area contributed by atoms with Crippen molar-refractivity contribution in [3.05, 3.63) is 17.0 Å². The highest BCUT2D eigenvalue weighted by Crippen LogP contribution is 2.16. The van der Waals surface area contributed by atoms with Crippen molar-refractivity contribution < 1.29 is 9.32 Å². The fourth-order valence-electron chi connectivity index (χ4n) is 2.04. The summed E-state index contributed by atoms with van der Waals surface area (Å²) in [6.45, 7) is 7.15. The molecular formula is C14H25N3O2. The Hall–Kier alpha value is -1.36. The summed E-state index contributed by atoms with van der Waals surface area (Å²) in [7, 11) is 1.82. The Morgan fingerprint density at radius 1 is 1.42 bits per heavy atom. The van der Waals surface area contributed by atoms with E-state index in [0.29, 0.717) is 25.4 Å². The summed E-state index contributed by atoms with van der Waals surface area (Å²) >= 11 is 0. The van der Waals surface area contributed by atoms with E-state index >= 15 is 0 Å². The smallest absolute Gasteiger partial charge is 0.222 e. The van der Waals surface area contributed by atoms with Gasteiger partial charge in [-0.2, -0.15) is 0 Å². The van der Waals surface area contributed by atoms with E-state index in [1.54, 1.807) is 4.90 Å². The van der Waals surface area contributed by atoms with Gasteiger partial charge in [-0.1, -0.05) is 12.1 Å². The Bertz CT molecular complexity index is 395. The second kappa shape index (κ2) is 7.28. The number of hydrogen-bond donors (Lipinski definition) is 1. The number of carbonyl (C=O) groups excluding carboxylic acids is 1. The number of nitrogens with two attached hydrogens (primary N) is 1. The molecule has 1 unspecified atom stereocenters. The zero-order valence-corrected chi connectivity index (χ0v) is 12.4. The molecule has 1 atom stereocenters. The highest BCUT2D eigenvalue weighted by molar-refractivity contribution is 5.75. The van der Waals surface area contributed by atoms with Crippen LogP contribution < -0.4 is 5.73 Å². The Morgan fingerprint density at radius 3 is 2.63 bits per heavy atom. The summed E-state index contributed by atoms with van der Waals surface area (Å²) in [6.07, 6.45) is 2.43. The van der Waals surface area contributed by atoms with Gasteiger partial charge < -0.3 is 15.2 Å². The Balaban J connectivity index is 2.45. The molecule has 0 fully saturated rings. The van der Waals surface area contributed by atoms with Crippen LogP contribution in [0, 0.1) is 19.8 Å². The van der Waals surface area contributed by atoms with Crippen molar-refractivity contribution in [2.75, 3.05) is 13.6 Å². The first-order valence-corrected chi connectivity index (χ1v) is 6.81. The molecule has 0 aromatic carbocycles.